The third-order valence-corrected chi connectivity index (χ3v) is 6.94. The lowest BCUT2D eigenvalue weighted by molar-refractivity contribution is -0.148. The maximum Gasteiger partial charge on any atom is 0.332 e. The molecule has 1 aromatic rings. The van der Waals surface area contributed by atoms with E-state index in [1.807, 2.05) is 0 Å². The number of benzene rings is 1. The molecule has 1 spiro atoms. The molecule has 3 rings (SSSR count). The van der Waals surface area contributed by atoms with Crippen LogP contribution in [0.15, 0.2) is 29.8 Å². The highest BCUT2D eigenvalue weighted by Gasteiger charge is 2.45. The molecule has 0 amide bonds. The molecule has 5 nitrogen and oxygen atoms in total. The lowest BCUT2D eigenvalue weighted by Crippen LogP contribution is -2.37. The summed E-state index contributed by atoms with van der Waals surface area (Å²) in [5.74, 6) is 0.673. The molecule has 8 heteroatoms. The molecule has 1 fully saturated rings. The number of terminal acetylenes is 1. The number of halogens is 2. The van der Waals surface area contributed by atoms with Crippen LogP contribution in [0, 0.1) is 18.2 Å². The third-order valence-electron chi connectivity index (χ3n) is 5.22. The number of unbranched alkanes of at least 4 members (excludes halogenated alkanes) is 2. The van der Waals surface area contributed by atoms with Gasteiger partial charge in [0.15, 0.2) is 5.79 Å². The van der Waals surface area contributed by atoms with Crippen LogP contribution in [0.25, 0.3) is 0 Å². The van der Waals surface area contributed by atoms with Crippen LogP contribution in [-0.4, -0.2) is 48.0 Å². The van der Waals surface area contributed by atoms with Crippen LogP contribution in [-0.2, 0) is 24.8 Å². The van der Waals surface area contributed by atoms with E-state index in [0.29, 0.717) is 43.4 Å². The van der Waals surface area contributed by atoms with Crippen molar-refractivity contribution in [2.24, 2.45) is 0 Å². The van der Waals surface area contributed by atoms with Gasteiger partial charge in [0, 0.05) is 35.5 Å². The van der Waals surface area contributed by atoms with E-state index in [2.05, 4.69) is 5.92 Å². The minimum Gasteiger partial charge on any atom is -0.478 e. The first-order valence-corrected chi connectivity index (χ1v) is 11.7. The van der Waals surface area contributed by atoms with Gasteiger partial charge in [-0.1, -0.05) is 17.7 Å². The zero-order valence-corrected chi connectivity index (χ0v) is 18.7. The number of carboxylic acid groups (broad SMARTS) is 1. The molecule has 1 saturated heterocycles. The number of hydrogen-bond acceptors (Lipinski definition) is 5. The fourth-order valence-corrected chi connectivity index (χ4v) is 5.19. The summed E-state index contributed by atoms with van der Waals surface area (Å²) in [6, 6.07) is 4.24. The van der Waals surface area contributed by atoms with Crippen molar-refractivity contribution in [3.05, 3.63) is 46.3 Å². The van der Waals surface area contributed by atoms with Crippen molar-refractivity contribution in [1.29, 1.82) is 0 Å². The largest absolute Gasteiger partial charge is 0.478 e. The summed E-state index contributed by atoms with van der Waals surface area (Å²) >= 11 is 7.56. The second kappa shape index (κ2) is 11.3. The highest BCUT2D eigenvalue weighted by atomic mass is 35.5. The number of carboxylic acids is 1. The number of hydrogen-bond donors (Lipinski definition) is 1. The van der Waals surface area contributed by atoms with E-state index in [9.17, 15) is 14.3 Å². The summed E-state index contributed by atoms with van der Waals surface area (Å²) in [4.78, 5) is 11.9. The number of carbonyl (C=O) groups is 1. The van der Waals surface area contributed by atoms with Crippen molar-refractivity contribution in [3.8, 4) is 12.3 Å². The van der Waals surface area contributed by atoms with Gasteiger partial charge in [-0.3, -0.25) is 0 Å². The number of thioether (sulfide) groups is 1. The number of aliphatic carboxylic acids is 1. The average Bonchev–Trinajstić information content (AvgIpc) is 3.13. The van der Waals surface area contributed by atoms with Gasteiger partial charge in [0.1, 0.15) is 11.9 Å². The molecule has 0 aromatic heterocycles. The highest BCUT2D eigenvalue weighted by molar-refractivity contribution is 7.99. The fourth-order valence-electron chi connectivity index (χ4n) is 3.61. The second-order valence-corrected chi connectivity index (χ2v) is 9.18. The van der Waals surface area contributed by atoms with Crippen molar-refractivity contribution in [1.82, 2.24) is 0 Å². The average molecular weight is 469 g/mol. The molecule has 2 aliphatic rings. The molecule has 168 valence electrons. The van der Waals surface area contributed by atoms with Gasteiger partial charge in [-0.25, -0.2) is 9.18 Å². The van der Waals surface area contributed by atoms with E-state index < -0.39 is 17.6 Å². The van der Waals surface area contributed by atoms with E-state index in [4.69, 9.17) is 32.2 Å². The topological polar surface area (TPSA) is 65.0 Å². The van der Waals surface area contributed by atoms with Gasteiger partial charge in [-0.2, -0.15) is 0 Å². The van der Waals surface area contributed by atoms with E-state index >= 15 is 0 Å². The molecule has 1 N–H and O–H groups in total. The molecule has 0 radical (unpaired) electrons. The first kappa shape index (κ1) is 24.1. The van der Waals surface area contributed by atoms with E-state index in [-0.39, 0.29) is 16.9 Å². The second-order valence-electron chi connectivity index (χ2n) is 7.58. The Kier molecular flexibility index (Phi) is 8.82. The Morgan fingerprint density at radius 3 is 3.03 bits per heavy atom. The molecular formula is C23H26ClFO5S. The fraction of sp³-hybridized carbons (Fsp3) is 0.522. The monoisotopic (exact) mass is 468 g/mol. The summed E-state index contributed by atoms with van der Waals surface area (Å²) in [6.07, 6.45) is 10.3. The minimum absolute atomic E-state index is 0.233. The SMILES string of the molecule is C#CCCCCOC[C@@H]1COC2(C=C(C(=O)O)C(SCc3ccc(F)cc3Cl)CC2)O1. The van der Waals surface area contributed by atoms with Crippen LogP contribution in [0.3, 0.4) is 0 Å². The van der Waals surface area contributed by atoms with Gasteiger partial charge in [-0.05, 0) is 43.0 Å². The number of ether oxygens (including phenoxy) is 3. The van der Waals surface area contributed by atoms with Crippen molar-refractivity contribution in [3.63, 3.8) is 0 Å². The highest BCUT2D eigenvalue weighted by Crippen LogP contribution is 2.41. The molecule has 3 atom stereocenters. The van der Waals surface area contributed by atoms with Crippen molar-refractivity contribution < 1.29 is 28.5 Å². The van der Waals surface area contributed by atoms with E-state index in [0.717, 1.165) is 24.8 Å². The van der Waals surface area contributed by atoms with Gasteiger partial charge in [0.05, 0.1) is 18.8 Å². The van der Waals surface area contributed by atoms with Gasteiger partial charge >= 0.3 is 5.97 Å². The molecule has 31 heavy (non-hydrogen) atoms. The third kappa shape index (κ3) is 6.71. The first-order chi connectivity index (χ1) is 14.9. The Labute approximate surface area is 191 Å². The Morgan fingerprint density at radius 1 is 1.45 bits per heavy atom. The van der Waals surface area contributed by atoms with Crippen molar-refractivity contribution in [2.75, 3.05) is 19.8 Å². The summed E-state index contributed by atoms with van der Waals surface area (Å²) in [5.41, 5.74) is 1.02. The number of rotatable bonds is 10. The summed E-state index contributed by atoms with van der Waals surface area (Å²) in [5, 5.41) is 9.85. The minimum atomic E-state index is -1.02. The van der Waals surface area contributed by atoms with E-state index in [1.54, 1.807) is 12.1 Å². The maximum absolute atomic E-state index is 13.2. The predicted octanol–water partition coefficient (Wildman–Crippen LogP) is 4.82. The van der Waals surface area contributed by atoms with Crippen molar-refractivity contribution >= 4 is 29.3 Å². The molecule has 1 heterocycles. The standard InChI is InChI=1S/C23H26ClFO5S/c1-2-3-4-5-10-28-13-18-14-29-23(30-18)9-8-21(19(12-23)22(26)27)31-15-16-6-7-17(25)11-20(16)24/h1,6-7,11-12,18,21H,3-5,8-10,13-15H2,(H,26,27)/t18-,21?,23?/m1/s1. The van der Waals surface area contributed by atoms with Crippen LogP contribution >= 0.6 is 23.4 Å². The Balaban J connectivity index is 1.55. The lowest BCUT2D eigenvalue weighted by atomic mass is 9.94. The zero-order valence-electron chi connectivity index (χ0n) is 17.1. The smallest absolute Gasteiger partial charge is 0.332 e. The van der Waals surface area contributed by atoms with Crippen LogP contribution in [0.2, 0.25) is 5.02 Å². The van der Waals surface area contributed by atoms with Gasteiger partial charge < -0.3 is 19.3 Å². The normalized spacial score (nSPS) is 25.4. The van der Waals surface area contributed by atoms with Crippen LogP contribution < -0.4 is 0 Å². The van der Waals surface area contributed by atoms with Gasteiger partial charge in [-0.15, -0.1) is 24.1 Å². The van der Waals surface area contributed by atoms with Crippen LogP contribution in [0.4, 0.5) is 4.39 Å². The maximum atomic E-state index is 13.2. The van der Waals surface area contributed by atoms with Crippen LogP contribution in [0.5, 0.6) is 0 Å². The Hall–Kier alpha value is -1.56. The summed E-state index contributed by atoms with van der Waals surface area (Å²) in [7, 11) is 0. The Bertz CT molecular complexity index is 855. The first-order valence-electron chi connectivity index (χ1n) is 10.3. The predicted molar refractivity (Wildman–Crippen MR) is 119 cm³/mol. The molecule has 2 unspecified atom stereocenters. The van der Waals surface area contributed by atoms with Gasteiger partial charge in [0.2, 0.25) is 0 Å². The quantitative estimate of drug-likeness (QED) is 0.392. The molecule has 0 saturated carbocycles. The Morgan fingerprint density at radius 2 is 2.29 bits per heavy atom. The summed E-state index contributed by atoms with van der Waals surface area (Å²) in [6.45, 7) is 1.36. The van der Waals surface area contributed by atoms with Gasteiger partial charge in [0.25, 0.3) is 0 Å². The molecule has 0 bridgehead atoms. The zero-order chi connectivity index (χ0) is 22.3. The summed E-state index contributed by atoms with van der Waals surface area (Å²) < 4.78 is 30.8. The molecule has 1 aliphatic heterocycles. The van der Waals surface area contributed by atoms with E-state index in [1.165, 1.54) is 23.9 Å². The lowest BCUT2D eigenvalue weighted by Gasteiger charge is -2.33. The van der Waals surface area contributed by atoms with Crippen molar-refractivity contribution in [2.45, 2.75) is 55.0 Å². The molecular weight excluding hydrogens is 443 g/mol. The molecule has 1 aromatic carbocycles. The molecule has 1 aliphatic carbocycles. The van der Waals surface area contributed by atoms with Crippen LogP contribution in [0.1, 0.15) is 37.7 Å².